The predicted molar refractivity (Wildman–Crippen MR) is 128 cm³/mol. The minimum Gasteiger partial charge on any atom is -0.474 e. The van der Waals surface area contributed by atoms with Gasteiger partial charge >= 0.3 is 6.09 Å². The summed E-state index contributed by atoms with van der Waals surface area (Å²) in [6.07, 6.45) is 3.77. The van der Waals surface area contributed by atoms with Gasteiger partial charge in [-0.1, -0.05) is 38.4 Å². The molecule has 174 valence electrons. The summed E-state index contributed by atoms with van der Waals surface area (Å²) in [6.45, 7) is 14.0. The normalized spacial score (nSPS) is 11.7. The van der Waals surface area contributed by atoms with E-state index in [-0.39, 0.29) is 0 Å². The van der Waals surface area contributed by atoms with Gasteiger partial charge in [0.2, 0.25) is 5.90 Å². The van der Waals surface area contributed by atoms with Crippen molar-refractivity contribution in [3.05, 3.63) is 41.7 Å². The molecule has 0 saturated heterocycles. The monoisotopic (exact) mass is 454 g/mol. The number of aromatic nitrogens is 1. The molecule has 0 aliphatic heterocycles. The quantitative estimate of drug-likeness (QED) is 0.230. The van der Waals surface area contributed by atoms with Gasteiger partial charge in [0.1, 0.15) is 23.7 Å². The summed E-state index contributed by atoms with van der Waals surface area (Å²) in [5.41, 5.74) is 0.512. The number of halogens is 1. The number of carbonyl (C=O) groups excluding carboxylic acids is 1. The van der Waals surface area contributed by atoms with Crippen LogP contribution in [-0.2, 0) is 14.2 Å². The molecule has 1 aromatic rings. The highest BCUT2D eigenvalue weighted by Gasteiger charge is 2.17. The molecule has 0 atom stereocenters. The Labute approximate surface area is 190 Å². The topological polar surface area (TPSA) is 94.1 Å². The maximum Gasteiger partial charge on any atom is 0.413 e. The first-order chi connectivity index (χ1) is 14.6. The molecule has 1 rings (SSSR count). The van der Waals surface area contributed by atoms with Gasteiger partial charge in [0, 0.05) is 37.1 Å². The van der Waals surface area contributed by atoms with E-state index in [4.69, 9.17) is 25.8 Å². The number of methoxy groups -OCH3 is 1. The van der Waals surface area contributed by atoms with Crippen LogP contribution in [0, 0.1) is 0 Å². The second kappa shape index (κ2) is 15.3. The van der Waals surface area contributed by atoms with Crippen molar-refractivity contribution in [2.75, 3.05) is 38.0 Å². The molecule has 0 aromatic carbocycles. The third-order valence-electron chi connectivity index (χ3n) is 2.93. The molecule has 0 bridgehead atoms. The molecule has 0 spiro atoms. The number of hydrogen-bond acceptors (Lipinski definition) is 7. The summed E-state index contributed by atoms with van der Waals surface area (Å²) in [5, 5.41) is 6.01. The molecule has 2 N–H and O–H groups in total. The van der Waals surface area contributed by atoms with Gasteiger partial charge in [-0.05, 0) is 32.9 Å². The van der Waals surface area contributed by atoms with E-state index < -0.39 is 11.7 Å². The first kappa shape index (κ1) is 28.4. The first-order valence-electron chi connectivity index (χ1n) is 9.94. The SMILES string of the molecule is C=C(Cl)/C=C(/Nc1ccnc(NC(=O)OC(C)(C)C)c1)C(=NC)OCCOC.CCC. The molecular weight excluding hydrogens is 420 g/mol. The molecule has 0 saturated carbocycles. The van der Waals surface area contributed by atoms with Crippen molar-refractivity contribution in [3.63, 3.8) is 0 Å². The zero-order valence-electron chi connectivity index (χ0n) is 19.5. The van der Waals surface area contributed by atoms with Gasteiger partial charge in [-0.15, -0.1) is 0 Å². The fourth-order valence-corrected chi connectivity index (χ4v) is 2.04. The molecule has 1 heterocycles. The lowest BCUT2D eigenvalue weighted by Crippen LogP contribution is -2.27. The van der Waals surface area contributed by atoms with E-state index in [1.165, 1.54) is 12.6 Å². The number of aliphatic imine (C=N–C) groups is 1. The van der Waals surface area contributed by atoms with E-state index >= 15 is 0 Å². The summed E-state index contributed by atoms with van der Waals surface area (Å²) >= 11 is 5.93. The van der Waals surface area contributed by atoms with Crippen LogP contribution < -0.4 is 10.6 Å². The first-order valence-corrected chi connectivity index (χ1v) is 10.3. The van der Waals surface area contributed by atoms with E-state index in [9.17, 15) is 4.79 Å². The van der Waals surface area contributed by atoms with Crippen molar-refractivity contribution in [1.29, 1.82) is 0 Å². The fraction of sp³-hybridized carbons (Fsp3) is 0.500. The Morgan fingerprint density at radius 2 is 1.94 bits per heavy atom. The zero-order valence-corrected chi connectivity index (χ0v) is 20.3. The van der Waals surface area contributed by atoms with Crippen molar-refractivity contribution in [1.82, 2.24) is 4.98 Å². The molecule has 0 fully saturated rings. The van der Waals surface area contributed by atoms with Crippen LogP contribution in [0.25, 0.3) is 0 Å². The molecule has 9 heteroatoms. The van der Waals surface area contributed by atoms with Crippen molar-refractivity contribution in [3.8, 4) is 0 Å². The molecule has 1 aromatic heterocycles. The highest BCUT2D eigenvalue weighted by Crippen LogP contribution is 2.18. The lowest BCUT2D eigenvalue weighted by atomic mass is 10.2. The fourth-order valence-electron chi connectivity index (χ4n) is 1.93. The molecule has 8 nitrogen and oxygen atoms in total. The standard InChI is InChI=1S/C19H27ClN4O4.C3H8/c1-13(20)11-15(17(21-5)27-10-9-26-6)23-14-7-8-22-16(12-14)24-18(25)28-19(2,3)4;1-3-2/h7-8,11-12H,1,9-10H2,2-6H3,(H2,22,23,24,25);3H2,1-2H3/b15-11+,21-17?;. The largest absolute Gasteiger partial charge is 0.474 e. The molecular formula is C22H35ClN4O4. The van der Waals surface area contributed by atoms with Crippen molar-refractivity contribution >= 4 is 35.1 Å². The van der Waals surface area contributed by atoms with Gasteiger partial charge in [-0.2, -0.15) is 0 Å². The molecule has 0 aliphatic carbocycles. The van der Waals surface area contributed by atoms with Crippen LogP contribution in [0.4, 0.5) is 16.3 Å². The Morgan fingerprint density at radius 3 is 2.45 bits per heavy atom. The van der Waals surface area contributed by atoms with Crippen LogP contribution >= 0.6 is 11.6 Å². The van der Waals surface area contributed by atoms with E-state index in [0.717, 1.165) is 0 Å². The number of nitrogens with zero attached hydrogens (tertiary/aromatic N) is 2. The van der Waals surface area contributed by atoms with Gasteiger partial charge in [-0.3, -0.25) is 10.3 Å². The number of allylic oxidation sites excluding steroid dienone is 2. The van der Waals surface area contributed by atoms with Crippen LogP contribution in [0.15, 0.2) is 46.7 Å². The van der Waals surface area contributed by atoms with Crippen molar-refractivity contribution in [2.24, 2.45) is 4.99 Å². The smallest absolute Gasteiger partial charge is 0.413 e. The second-order valence-electron chi connectivity index (χ2n) is 7.26. The Balaban J connectivity index is 0.00000282. The van der Waals surface area contributed by atoms with Gasteiger partial charge in [0.25, 0.3) is 0 Å². The van der Waals surface area contributed by atoms with Crippen molar-refractivity contribution in [2.45, 2.75) is 46.6 Å². The van der Waals surface area contributed by atoms with Crippen molar-refractivity contribution < 1.29 is 19.0 Å². The molecule has 1 amide bonds. The number of hydrogen-bond donors (Lipinski definition) is 2. The minimum atomic E-state index is -0.609. The van der Waals surface area contributed by atoms with Crippen LogP contribution in [0.2, 0.25) is 0 Å². The van der Waals surface area contributed by atoms with E-state index in [2.05, 4.69) is 41.0 Å². The third-order valence-corrected chi connectivity index (χ3v) is 3.04. The van der Waals surface area contributed by atoms with E-state index in [0.29, 0.717) is 41.3 Å². The second-order valence-corrected chi connectivity index (χ2v) is 7.75. The van der Waals surface area contributed by atoms with E-state index in [1.54, 1.807) is 53.1 Å². The number of anilines is 2. The Morgan fingerprint density at radius 1 is 1.29 bits per heavy atom. The predicted octanol–water partition coefficient (Wildman–Crippen LogP) is 5.58. The van der Waals surface area contributed by atoms with Crippen LogP contribution in [0.3, 0.4) is 0 Å². The van der Waals surface area contributed by atoms with Gasteiger partial charge in [-0.25, -0.2) is 9.78 Å². The van der Waals surface area contributed by atoms with Gasteiger partial charge in [0.05, 0.1) is 6.61 Å². The van der Waals surface area contributed by atoms with E-state index in [1.807, 2.05) is 0 Å². The number of ether oxygens (including phenoxy) is 3. The number of rotatable bonds is 8. The van der Waals surface area contributed by atoms with Gasteiger partial charge < -0.3 is 19.5 Å². The van der Waals surface area contributed by atoms with Crippen LogP contribution in [0.5, 0.6) is 0 Å². The average molecular weight is 455 g/mol. The average Bonchev–Trinajstić information content (AvgIpc) is 2.64. The zero-order chi connectivity index (χ0) is 23.9. The van der Waals surface area contributed by atoms with Crippen LogP contribution in [-0.4, -0.2) is 49.9 Å². The lowest BCUT2D eigenvalue weighted by molar-refractivity contribution is 0.0635. The molecule has 0 aliphatic rings. The summed E-state index contributed by atoms with van der Waals surface area (Å²) in [7, 11) is 3.18. The molecule has 0 unspecified atom stereocenters. The van der Waals surface area contributed by atoms with Crippen LogP contribution in [0.1, 0.15) is 41.0 Å². The molecule has 0 radical (unpaired) electrons. The third kappa shape index (κ3) is 14.1. The highest BCUT2D eigenvalue weighted by atomic mass is 35.5. The Hall–Kier alpha value is -2.58. The summed E-state index contributed by atoms with van der Waals surface area (Å²) in [5.74, 6) is 0.649. The maximum absolute atomic E-state index is 11.9. The number of nitrogens with one attached hydrogen (secondary N) is 2. The number of amides is 1. The number of pyridine rings is 1. The number of carbonyl (C=O) groups is 1. The highest BCUT2D eigenvalue weighted by molar-refractivity contribution is 6.31. The van der Waals surface area contributed by atoms with Gasteiger partial charge in [0.15, 0.2) is 0 Å². The summed E-state index contributed by atoms with van der Waals surface area (Å²) in [6, 6.07) is 3.35. The summed E-state index contributed by atoms with van der Waals surface area (Å²) < 4.78 is 15.8. The maximum atomic E-state index is 11.9. The molecule has 31 heavy (non-hydrogen) atoms. The minimum absolute atomic E-state index is 0.292. The Kier molecular flexibility index (Phi) is 14.0. The lowest BCUT2D eigenvalue weighted by Gasteiger charge is -2.19. The summed E-state index contributed by atoms with van der Waals surface area (Å²) in [4.78, 5) is 20.2. The Bertz CT molecular complexity index is 758.